The summed E-state index contributed by atoms with van der Waals surface area (Å²) in [5.41, 5.74) is 0.552. The van der Waals surface area contributed by atoms with Crippen LogP contribution in [0.5, 0.6) is 0 Å². The lowest BCUT2D eigenvalue weighted by Gasteiger charge is -2.12. The van der Waals surface area contributed by atoms with Crippen LogP contribution in [0.1, 0.15) is 25.7 Å². The topological polar surface area (TPSA) is 63.8 Å². The molecule has 0 spiro atoms. The normalized spacial score (nSPS) is 11.8. The van der Waals surface area contributed by atoms with Gasteiger partial charge in [0.25, 0.3) is 0 Å². The van der Waals surface area contributed by atoms with Gasteiger partial charge in [-0.25, -0.2) is 0 Å². The quantitative estimate of drug-likeness (QED) is 0.547. The summed E-state index contributed by atoms with van der Waals surface area (Å²) >= 11 is 1.27. The molecular weight excluding hydrogens is 341 g/mol. The Morgan fingerprint density at radius 1 is 1.04 bits per heavy atom. The van der Waals surface area contributed by atoms with Gasteiger partial charge in [-0.05, 0) is 25.0 Å². The number of pyridine rings is 1. The Balaban J connectivity index is 2.08. The van der Waals surface area contributed by atoms with E-state index >= 15 is 0 Å². The predicted octanol–water partition coefficient (Wildman–Crippen LogP) is 3.55. The molecule has 0 saturated carbocycles. The Kier molecular flexibility index (Phi) is 7.04. The molecule has 2 heterocycles. The van der Waals surface area contributed by atoms with Gasteiger partial charge in [0.05, 0.1) is 0 Å². The molecule has 0 bridgehead atoms. The maximum Gasteiger partial charge on any atom is 0.406 e. The van der Waals surface area contributed by atoms with Gasteiger partial charge < -0.3 is 5.11 Å². The molecule has 132 valence electrons. The van der Waals surface area contributed by atoms with Gasteiger partial charge >= 0.3 is 6.18 Å². The molecule has 0 aliphatic carbocycles. The van der Waals surface area contributed by atoms with Crippen molar-refractivity contribution in [1.82, 2.24) is 19.7 Å². The van der Waals surface area contributed by atoms with Gasteiger partial charge in [-0.2, -0.15) is 13.2 Å². The summed E-state index contributed by atoms with van der Waals surface area (Å²) < 4.78 is 39.8. The first-order valence-electron chi connectivity index (χ1n) is 7.65. The second-order valence-electron chi connectivity index (χ2n) is 5.23. The van der Waals surface area contributed by atoms with E-state index in [9.17, 15) is 13.2 Å². The van der Waals surface area contributed by atoms with E-state index in [-0.39, 0.29) is 17.6 Å². The van der Waals surface area contributed by atoms with E-state index in [0.29, 0.717) is 11.3 Å². The van der Waals surface area contributed by atoms with E-state index in [0.717, 1.165) is 30.3 Å². The first-order chi connectivity index (χ1) is 11.5. The summed E-state index contributed by atoms with van der Waals surface area (Å²) in [7, 11) is 0. The van der Waals surface area contributed by atoms with E-state index in [2.05, 4.69) is 15.2 Å². The molecule has 0 fully saturated rings. The fourth-order valence-corrected chi connectivity index (χ4v) is 3.10. The number of thioether (sulfide) groups is 1. The van der Waals surface area contributed by atoms with Crippen molar-refractivity contribution in [3.8, 4) is 11.4 Å². The second kappa shape index (κ2) is 9.03. The van der Waals surface area contributed by atoms with Crippen molar-refractivity contribution in [1.29, 1.82) is 0 Å². The van der Waals surface area contributed by atoms with Crippen molar-refractivity contribution in [3.05, 3.63) is 24.5 Å². The van der Waals surface area contributed by atoms with Crippen LogP contribution in [0.15, 0.2) is 29.7 Å². The highest BCUT2D eigenvalue weighted by atomic mass is 32.2. The third kappa shape index (κ3) is 5.79. The van der Waals surface area contributed by atoms with Crippen LogP contribution in [0.3, 0.4) is 0 Å². The van der Waals surface area contributed by atoms with Crippen LogP contribution >= 0.6 is 11.8 Å². The Bertz CT molecular complexity index is 619. The maximum absolute atomic E-state index is 12.9. The molecule has 24 heavy (non-hydrogen) atoms. The van der Waals surface area contributed by atoms with Gasteiger partial charge in [0.15, 0.2) is 11.0 Å². The van der Waals surface area contributed by atoms with Crippen molar-refractivity contribution in [2.45, 2.75) is 43.6 Å². The zero-order valence-corrected chi connectivity index (χ0v) is 13.9. The van der Waals surface area contributed by atoms with Crippen LogP contribution in [0.4, 0.5) is 13.2 Å². The Labute approximate surface area is 142 Å². The van der Waals surface area contributed by atoms with Crippen LogP contribution in [0.2, 0.25) is 0 Å². The lowest BCUT2D eigenvalue weighted by atomic mass is 10.2. The molecule has 0 aromatic carbocycles. The fourth-order valence-electron chi connectivity index (χ4n) is 2.16. The number of aliphatic hydroxyl groups excluding tert-OH is 1. The lowest BCUT2D eigenvalue weighted by Crippen LogP contribution is -2.19. The summed E-state index contributed by atoms with van der Waals surface area (Å²) in [6.07, 6.45) is 2.12. The zero-order chi connectivity index (χ0) is 17.4. The largest absolute Gasteiger partial charge is 0.406 e. The number of aliphatic hydroxyl groups is 1. The summed E-state index contributed by atoms with van der Waals surface area (Å²) in [6, 6.07) is 3.22. The fraction of sp³-hybridized carbons (Fsp3) is 0.533. The van der Waals surface area contributed by atoms with Gasteiger partial charge in [-0.15, -0.1) is 10.2 Å². The molecule has 5 nitrogen and oxygen atoms in total. The number of hydrogen-bond acceptors (Lipinski definition) is 5. The van der Waals surface area contributed by atoms with Gasteiger partial charge in [0, 0.05) is 30.3 Å². The monoisotopic (exact) mass is 360 g/mol. The van der Waals surface area contributed by atoms with E-state index in [1.165, 1.54) is 24.2 Å². The van der Waals surface area contributed by atoms with Crippen molar-refractivity contribution >= 4 is 11.8 Å². The predicted molar refractivity (Wildman–Crippen MR) is 85.6 cm³/mol. The van der Waals surface area contributed by atoms with Gasteiger partial charge in [-0.3, -0.25) is 9.55 Å². The molecule has 0 saturated heterocycles. The number of aromatic nitrogens is 4. The minimum Gasteiger partial charge on any atom is -0.396 e. The standard InChI is InChI=1S/C15H19F3N4OS/c16-15(17,18)11-22-13(12-5-7-19-8-6-12)20-21-14(22)24-10-4-2-1-3-9-23/h5-8,23H,1-4,9-11H2. The first-order valence-corrected chi connectivity index (χ1v) is 8.64. The Hall–Kier alpha value is -1.61. The van der Waals surface area contributed by atoms with Crippen molar-refractivity contribution < 1.29 is 18.3 Å². The average molecular weight is 360 g/mol. The van der Waals surface area contributed by atoms with Gasteiger partial charge in [0.1, 0.15) is 6.54 Å². The number of halogens is 3. The van der Waals surface area contributed by atoms with Crippen LogP contribution in [-0.4, -0.2) is 43.4 Å². The summed E-state index contributed by atoms with van der Waals surface area (Å²) in [5, 5.41) is 16.8. The molecule has 0 aliphatic heterocycles. The maximum atomic E-state index is 12.9. The first kappa shape index (κ1) is 18.7. The smallest absolute Gasteiger partial charge is 0.396 e. The molecule has 2 aromatic heterocycles. The number of hydrogen-bond donors (Lipinski definition) is 1. The lowest BCUT2D eigenvalue weighted by molar-refractivity contribution is -0.141. The highest BCUT2D eigenvalue weighted by molar-refractivity contribution is 7.99. The summed E-state index contributed by atoms with van der Waals surface area (Å²) in [5.74, 6) is 0.857. The van der Waals surface area contributed by atoms with Crippen molar-refractivity contribution in [2.75, 3.05) is 12.4 Å². The van der Waals surface area contributed by atoms with Gasteiger partial charge in [-0.1, -0.05) is 24.6 Å². The number of nitrogens with zero attached hydrogens (tertiary/aromatic N) is 4. The minimum absolute atomic E-state index is 0.169. The molecule has 1 N–H and O–H groups in total. The molecule has 9 heteroatoms. The number of unbranched alkanes of at least 4 members (excludes halogenated alkanes) is 3. The van der Waals surface area contributed by atoms with E-state index in [1.807, 2.05) is 0 Å². The van der Waals surface area contributed by atoms with E-state index < -0.39 is 12.7 Å². The molecule has 0 radical (unpaired) electrons. The van der Waals surface area contributed by atoms with E-state index in [1.54, 1.807) is 12.1 Å². The SMILES string of the molecule is OCCCCCCSc1nnc(-c2ccncc2)n1CC(F)(F)F. The molecule has 0 atom stereocenters. The summed E-state index contributed by atoms with van der Waals surface area (Å²) in [6.45, 7) is -0.952. The van der Waals surface area contributed by atoms with E-state index in [4.69, 9.17) is 5.11 Å². The number of alkyl halides is 3. The van der Waals surface area contributed by atoms with Crippen molar-refractivity contribution in [2.24, 2.45) is 0 Å². The Morgan fingerprint density at radius 3 is 2.42 bits per heavy atom. The molecule has 0 aliphatic rings. The number of rotatable bonds is 9. The van der Waals surface area contributed by atoms with Crippen LogP contribution < -0.4 is 0 Å². The van der Waals surface area contributed by atoms with Gasteiger partial charge in [0.2, 0.25) is 0 Å². The summed E-state index contributed by atoms with van der Waals surface area (Å²) in [4.78, 5) is 3.86. The average Bonchev–Trinajstić information content (AvgIpc) is 2.92. The van der Waals surface area contributed by atoms with Crippen LogP contribution in [0.25, 0.3) is 11.4 Å². The third-order valence-corrected chi connectivity index (χ3v) is 4.33. The Morgan fingerprint density at radius 2 is 1.75 bits per heavy atom. The highest BCUT2D eigenvalue weighted by Gasteiger charge is 2.31. The zero-order valence-electron chi connectivity index (χ0n) is 13.0. The van der Waals surface area contributed by atoms with Crippen LogP contribution in [0, 0.1) is 0 Å². The molecule has 2 aromatic rings. The molecule has 0 amide bonds. The highest BCUT2D eigenvalue weighted by Crippen LogP contribution is 2.28. The van der Waals surface area contributed by atoms with Crippen LogP contribution in [-0.2, 0) is 6.54 Å². The molecule has 0 unspecified atom stereocenters. The second-order valence-corrected chi connectivity index (χ2v) is 6.29. The third-order valence-electron chi connectivity index (χ3n) is 3.28. The molecular formula is C15H19F3N4OS. The van der Waals surface area contributed by atoms with Crippen molar-refractivity contribution in [3.63, 3.8) is 0 Å². The minimum atomic E-state index is -4.35. The molecule has 2 rings (SSSR count).